The zero-order valence-electron chi connectivity index (χ0n) is 8.71. The fourth-order valence-electron chi connectivity index (χ4n) is 1.12. The molecule has 0 saturated carbocycles. The van der Waals surface area contributed by atoms with E-state index < -0.39 is 0 Å². The first-order valence-electron chi connectivity index (χ1n) is 4.70. The highest BCUT2D eigenvalue weighted by Crippen LogP contribution is 2.27. The smallest absolute Gasteiger partial charge is 0.170 e. The molecule has 0 amide bonds. The molecular weight excluding hydrogens is 240 g/mol. The minimum Gasteiger partial charge on any atom is -0.382 e. The summed E-state index contributed by atoms with van der Waals surface area (Å²) in [6.07, 6.45) is 1.27. The molecule has 0 aliphatic rings. The normalized spacial score (nSPS) is 10.9. The monoisotopic (exact) mass is 248 g/mol. The van der Waals surface area contributed by atoms with E-state index in [-0.39, 0.29) is 17.3 Å². The van der Waals surface area contributed by atoms with E-state index in [2.05, 4.69) is 20.2 Å². The lowest BCUT2D eigenvalue weighted by Gasteiger charge is -1.99. The second kappa shape index (κ2) is 4.75. The number of nitrogens with zero attached hydrogens (tertiary/aromatic N) is 4. The van der Waals surface area contributed by atoms with Crippen molar-refractivity contribution >= 4 is 34.6 Å². The van der Waals surface area contributed by atoms with Crippen molar-refractivity contribution in [3.8, 4) is 0 Å². The molecule has 0 atom stereocenters. The van der Waals surface area contributed by atoms with Crippen molar-refractivity contribution in [1.29, 1.82) is 0 Å². The Morgan fingerprint density at radius 1 is 0.941 bits per heavy atom. The molecule has 0 fully saturated rings. The second-order valence-corrected chi connectivity index (χ2v) is 3.61. The third-order valence-corrected chi connectivity index (χ3v) is 2.22. The predicted octanol–water partition coefficient (Wildman–Crippen LogP) is 2.71. The third kappa shape index (κ3) is 2.67. The van der Waals surface area contributed by atoms with Crippen LogP contribution in [0.25, 0.3) is 0 Å². The summed E-state index contributed by atoms with van der Waals surface area (Å²) in [5, 5.41) is 8.51. The lowest BCUT2D eigenvalue weighted by molar-refractivity contribution is 1.14. The van der Waals surface area contributed by atoms with E-state index in [1.807, 2.05) is 0 Å². The van der Waals surface area contributed by atoms with Crippen molar-refractivity contribution in [1.82, 2.24) is 9.97 Å². The molecule has 6 nitrogen and oxygen atoms in total. The molecule has 0 bridgehead atoms. The summed E-state index contributed by atoms with van der Waals surface area (Å²) in [6.45, 7) is 0. The molecule has 0 spiro atoms. The van der Waals surface area contributed by atoms with Gasteiger partial charge in [-0.25, -0.2) is 9.97 Å². The maximum Gasteiger partial charge on any atom is 0.170 e. The molecule has 1 aromatic carbocycles. The number of rotatable bonds is 2. The number of aromatic nitrogens is 2. The van der Waals surface area contributed by atoms with Gasteiger partial charge in [0.05, 0.1) is 5.69 Å². The lowest BCUT2D eigenvalue weighted by atomic mass is 10.3. The number of benzene rings is 1. The first-order valence-corrected chi connectivity index (χ1v) is 5.08. The summed E-state index contributed by atoms with van der Waals surface area (Å²) >= 11 is 5.75. The first kappa shape index (κ1) is 11.3. The van der Waals surface area contributed by atoms with Crippen molar-refractivity contribution in [3.63, 3.8) is 0 Å². The number of nitrogens with two attached hydrogens (primary N) is 2. The average molecular weight is 249 g/mol. The van der Waals surface area contributed by atoms with Crippen LogP contribution in [0.4, 0.5) is 23.0 Å². The van der Waals surface area contributed by atoms with Crippen LogP contribution >= 0.6 is 11.6 Å². The molecule has 1 heterocycles. The van der Waals surface area contributed by atoms with Gasteiger partial charge in [-0.2, -0.15) is 5.11 Å². The van der Waals surface area contributed by atoms with Gasteiger partial charge in [0.2, 0.25) is 0 Å². The number of hydrogen-bond acceptors (Lipinski definition) is 6. The molecule has 1 aromatic heterocycles. The van der Waals surface area contributed by atoms with Gasteiger partial charge >= 0.3 is 0 Å². The highest BCUT2D eigenvalue weighted by molar-refractivity contribution is 6.30. The Morgan fingerprint density at radius 2 is 1.53 bits per heavy atom. The van der Waals surface area contributed by atoms with E-state index in [4.69, 9.17) is 23.1 Å². The van der Waals surface area contributed by atoms with Gasteiger partial charge in [-0.1, -0.05) is 11.6 Å². The van der Waals surface area contributed by atoms with Crippen LogP contribution in [-0.4, -0.2) is 9.97 Å². The van der Waals surface area contributed by atoms with Gasteiger partial charge in [0.25, 0.3) is 0 Å². The van der Waals surface area contributed by atoms with Gasteiger partial charge in [0, 0.05) is 5.02 Å². The fraction of sp³-hybridized carbons (Fsp3) is 0. The first-order chi connectivity index (χ1) is 8.16. The van der Waals surface area contributed by atoms with Gasteiger partial charge < -0.3 is 11.5 Å². The van der Waals surface area contributed by atoms with E-state index in [0.29, 0.717) is 10.7 Å². The van der Waals surface area contributed by atoms with Crippen LogP contribution < -0.4 is 11.5 Å². The van der Waals surface area contributed by atoms with E-state index >= 15 is 0 Å². The molecule has 0 radical (unpaired) electrons. The summed E-state index contributed by atoms with van der Waals surface area (Å²) < 4.78 is 0. The number of nitrogen functional groups attached to an aromatic ring is 2. The third-order valence-electron chi connectivity index (χ3n) is 1.97. The van der Waals surface area contributed by atoms with Crippen molar-refractivity contribution in [3.05, 3.63) is 35.6 Å². The van der Waals surface area contributed by atoms with Crippen LogP contribution in [0.3, 0.4) is 0 Å². The molecule has 2 rings (SSSR count). The van der Waals surface area contributed by atoms with Crippen molar-refractivity contribution in [2.45, 2.75) is 0 Å². The van der Waals surface area contributed by atoms with Crippen LogP contribution in [0.1, 0.15) is 0 Å². The van der Waals surface area contributed by atoms with E-state index in [1.54, 1.807) is 24.3 Å². The standard InChI is InChI=1S/C10H9ClN6/c11-6-1-3-7(4-2-6)16-17-8-9(12)14-5-15-10(8)13/h1-5H,(H4,12,13,14,15). The quantitative estimate of drug-likeness (QED) is 0.798. The van der Waals surface area contributed by atoms with Gasteiger partial charge in [0.15, 0.2) is 17.3 Å². The lowest BCUT2D eigenvalue weighted by Crippen LogP contribution is -1.97. The fourth-order valence-corrected chi connectivity index (χ4v) is 1.25. The van der Waals surface area contributed by atoms with Gasteiger partial charge in [0.1, 0.15) is 6.33 Å². The molecule has 7 heteroatoms. The Kier molecular flexibility index (Phi) is 3.15. The van der Waals surface area contributed by atoms with Crippen molar-refractivity contribution in [2.24, 2.45) is 10.2 Å². The zero-order valence-corrected chi connectivity index (χ0v) is 9.46. The molecule has 0 unspecified atom stereocenters. The van der Waals surface area contributed by atoms with E-state index in [9.17, 15) is 0 Å². The number of halogens is 1. The van der Waals surface area contributed by atoms with Gasteiger partial charge in [-0.15, -0.1) is 5.11 Å². The van der Waals surface area contributed by atoms with Crippen LogP contribution in [0.15, 0.2) is 40.8 Å². The maximum atomic E-state index is 5.75. The van der Waals surface area contributed by atoms with Crippen LogP contribution in [0.5, 0.6) is 0 Å². The highest BCUT2D eigenvalue weighted by Gasteiger charge is 2.04. The van der Waals surface area contributed by atoms with Gasteiger partial charge in [-0.05, 0) is 24.3 Å². The Bertz CT molecular complexity index is 531. The van der Waals surface area contributed by atoms with Gasteiger partial charge in [-0.3, -0.25) is 0 Å². The number of hydrogen-bond donors (Lipinski definition) is 2. The summed E-state index contributed by atoms with van der Waals surface area (Å²) in [5.74, 6) is 0.380. The van der Waals surface area contributed by atoms with Crippen LogP contribution in [0.2, 0.25) is 5.02 Å². The average Bonchev–Trinajstić information content (AvgIpc) is 2.31. The molecule has 17 heavy (non-hydrogen) atoms. The predicted molar refractivity (Wildman–Crippen MR) is 66.5 cm³/mol. The molecule has 0 aliphatic heterocycles. The molecule has 2 aromatic rings. The Morgan fingerprint density at radius 3 is 2.12 bits per heavy atom. The van der Waals surface area contributed by atoms with Crippen molar-refractivity contribution in [2.75, 3.05) is 11.5 Å². The molecular formula is C10H9ClN6. The van der Waals surface area contributed by atoms with Crippen LogP contribution in [0, 0.1) is 0 Å². The Hall–Kier alpha value is -2.21. The van der Waals surface area contributed by atoms with Crippen LogP contribution in [-0.2, 0) is 0 Å². The SMILES string of the molecule is Nc1ncnc(N)c1N=Nc1ccc(Cl)cc1. The van der Waals surface area contributed by atoms with E-state index in [0.717, 1.165) is 0 Å². The molecule has 4 N–H and O–H groups in total. The summed E-state index contributed by atoms with van der Waals surface area (Å²) in [7, 11) is 0. The zero-order chi connectivity index (χ0) is 12.3. The number of azo groups is 1. The topological polar surface area (TPSA) is 103 Å². The molecule has 86 valence electrons. The summed E-state index contributed by atoms with van der Waals surface area (Å²) in [5.41, 5.74) is 12.1. The minimum absolute atomic E-state index is 0.190. The van der Waals surface area contributed by atoms with E-state index in [1.165, 1.54) is 6.33 Å². The van der Waals surface area contributed by atoms with Crippen molar-refractivity contribution < 1.29 is 0 Å². The Labute approximate surface area is 102 Å². The summed E-state index contributed by atoms with van der Waals surface area (Å²) in [4.78, 5) is 7.56. The Balaban J connectivity index is 2.29. The largest absolute Gasteiger partial charge is 0.382 e. The number of anilines is 2. The minimum atomic E-state index is 0.190. The molecule has 0 saturated heterocycles. The highest BCUT2D eigenvalue weighted by atomic mass is 35.5. The second-order valence-electron chi connectivity index (χ2n) is 3.17. The summed E-state index contributed by atoms with van der Waals surface area (Å²) in [6, 6.07) is 6.87. The maximum absolute atomic E-state index is 5.75. The molecule has 0 aliphatic carbocycles.